The molecule has 0 aromatic heterocycles. The molecule has 3 aromatic carbocycles. The molecule has 27 heavy (non-hydrogen) atoms. The lowest BCUT2D eigenvalue weighted by molar-refractivity contribution is 0.0959. The Morgan fingerprint density at radius 1 is 0.815 bits per heavy atom. The molecule has 0 saturated carbocycles. The summed E-state index contributed by atoms with van der Waals surface area (Å²) >= 11 is 1.28. The number of benzene rings is 3. The van der Waals surface area contributed by atoms with Gasteiger partial charge in [0.2, 0.25) is 0 Å². The van der Waals surface area contributed by atoms with E-state index in [0.29, 0.717) is 12.1 Å². The second kappa shape index (κ2) is 9.05. The molecule has 3 amide bonds. The summed E-state index contributed by atoms with van der Waals surface area (Å²) in [5, 5.41) is 2.45. The zero-order valence-corrected chi connectivity index (χ0v) is 15.8. The maximum absolute atomic E-state index is 12.4. The monoisotopic (exact) mass is 376 g/mol. The highest BCUT2D eigenvalue weighted by molar-refractivity contribution is 7.96. The van der Waals surface area contributed by atoms with Crippen LogP contribution in [0.4, 0.5) is 4.79 Å². The first kappa shape index (κ1) is 18.7. The molecule has 3 aromatic rings. The van der Waals surface area contributed by atoms with Crippen molar-refractivity contribution in [3.05, 3.63) is 96.1 Å². The van der Waals surface area contributed by atoms with Crippen LogP contribution < -0.4 is 5.32 Å². The van der Waals surface area contributed by atoms with E-state index in [1.54, 1.807) is 12.1 Å². The number of carbonyl (C=O) groups excluding carboxylic acids is 2. The van der Waals surface area contributed by atoms with Crippen molar-refractivity contribution in [1.29, 1.82) is 0 Å². The smallest absolute Gasteiger partial charge is 0.273 e. The molecule has 3 rings (SSSR count). The number of amides is 3. The number of hydrogen-bond donors (Lipinski definition) is 1. The molecule has 0 radical (unpaired) electrons. The van der Waals surface area contributed by atoms with Gasteiger partial charge in [0.05, 0.1) is 6.54 Å². The van der Waals surface area contributed by atoms with E-state index in [4.69, 9.17) is 0 Å². The van der Waals surface area contributed by atoms with Crippen molar-refractivity contribution in [2.45, 2.75) is 6.54 Å². The Balaban J connectivity index is 1.64. The van der Waals surface area contributed by atoms with Crippen LogP contribution in [0, 0.1) is 0 Å². The van der Waals surface area contributed by atoms with Crippen LogP contribution in [0.15, 0.2) is 84.9 Å². The first-order valence-corrected chi connectivity index (χ1v) is 9.72. The van der Waals surface area contributed by atoms with Gasteiger partial charge in [-0.2, -0.15) is 0 Å². The first-order chi connectivity index (χ1) is 13.2. The van der Waals surface area contributed by atoms with Crippen molar-refractivity contribution in [3.8, 4) is 11.1 Å². The van der Waals surface area contributed by atoms with Crippen LogP contribution in [-0.4, -0.2) is 22.5 Å². The number of nitrogens with one attached hydrogen (secondary N) is 1. The normalized spacial score (nSPS) is 10.3. The zero-order valence-electron chi connectivity index (χ0n) is 15.0. The quantitative estimate of drug-likeness (QED) is 0.639. The number of urea groups is 1. The topological polar surface area (TPSA) is 49.4 Å². The SMILES string of the molecule is CSN(Cc1ccccc1)C(=O)NC(=O)c1ccc(-c2ccccc2)cc1. The van der Waals surface area contributed by atoms with Crippen LogP contribution in [0.2, 0.25) is 0 Å². The molecule has 5 heteroatoms. The molecule has 136 valence electrons. The van der Waals surface area contributed by atoms with Crippen molar-refractivity contribution < 1.29 is 9.59 Å². The fourth-order valence-electron chi connectivity index (χ4n) is 2.64. The van der Waals surface area contributed by atoms with Crippen LogP contribution in [0.25, 0.3) is 11.1 Å². The van der Waals surface area contributed by atoms with Crippen molar-refractivity contribution in [1.82, 2.24) is 9.62 Å². The van der Waals surface area contributed by atoms with E-state index >= 15 is 0 Å². The average molecular weight is 376 g/mol. The molecule has 0 aliphatic carbocycles. The summed E-state index contributed by atoms with van der Waals surface area (Å²) in [7, 11) is 0. The minimum Gasteiger partial charge on any atom is -0.273 e. The van der Waals surface area contributed by atoms with E-state index in [0.717, 1.165) is 16.7 Å². The molecular weight excluding hydrogens is 356 g/mol. The maximum Gasteiger partial charge on any atom is 0.334 e. The van der Waals surface area contributed by atoms with Gasteiger partial charge in [-0.05, 0) is 40.8 Å². The second-order valence-electron chi connectivity index (χ2n) is 5.91. The summed E-state index contributed by atoms with van der Waals surface area (Å²) in [6.45, 7) is 0.425. The molecule has 0 aliphatic heterocycles. The number of imide groups is 1. The van der Waals surface area contributed by atoms with Crippen LogP contribution in [0.5, 0.6) is 0 Å². The van der Waals surface area contributed by atoms with E-state index < -0.39 is 11.9 Å². The van der Waals surface area contributed by atoms with Crippen molar-refractivity contribution in [2.24, 2.45) is 0 Å². The third kappa shape index (κ3) is 4.99. The Hall–Kier alpha value is -3.05. The van der Waals surface area contributed by atoms with Gasteiger partial charge in [0.15, 0.2) is 0 Å². The minimum atomic E-state index is -0.427. The number of carbonyl (C=O) groups is 2. The molecule has 0 bridgehead atoms. The summed E-state index contributed by atoms with van der Waals surface area (Å²) in [6.07, 6.45) is 1.81. The largest absolute Gasteiger partial charge is 0.334 e. The highest BCUT2D eigenvalue weighted by Gasteiger charge is 2.17. The van der Waals surface area contributed by atoms with E-state index in [-0.39, 0.29) is 0 Å². The van der Waals surface area contributed by atoms with Crippen LogP contribution >= 0.6 is 11.9 Å². The molecule has 1 N–H and O–H groups in total. The van der Waals surface area contributed by atoms with Gasteiger partial charge >= 0.3 is 6.03 Å². The van der Waals surface area contributed by atoms with Gasteiger partial charge in [0.25, 0.3) is 5.91 Å². The summed E-state index contributed by atoms with van der Waals surface area (Å²) in [4.78, 5) is 24.8. The van der Waals surface area contributed by atoms with E-state index in [2.05, 4.69) is 5.32 Å². The van der Waals surface area contributed by atoms with Crippen LogP contribution in [0.3, 0.4) is 0 Å². The first-order valence-electron chi connectivity index (χ1n) is 8.54. The van der Waals surface area contributed by atoms with E-state index in [1.807, 2.05) is 79.1 Å². The molecule has 0 heterocycles. The fourth-order valence-corrected chi connectivity index (χ4v) is 3.13. The number of hydrogen-bond acceptors (Lipinski definition) is 3. The molecule has 0 saturated heterocycles. The zero-order chi connectivity index (χ0) is 19.1. The average Bonchev–Trinajstić information content (AvgIpc) is 2.73. The minimum absolute atomic E-state index is 0.410. The van der Waals surface area contributed by atoms with Gasteiger partial charge in [0, 0.05) is 11.8 Å². The van der Waals surface area contributed by atoms with Gasteiger partial charge in [-0.1, -0.05) is 72.8 Å². The summed E-state index contributed by atoms with van der Waals surface area (Å²) < 4.78 is 1.52. The lowest BCUT2D eigenvalue weighted by Crippen LogP contribution is -2.39. The van der Waals surface area contributed by atoms with Gasteiger partial charge in [-0.3, -0.25) is 14.4 Å². The Bertz CT molecular complexity index is 897. The Morgan fingerprint density at radius 2 is 1.37 bits per heavy atom. The van der Waals surface area contributed by atoms with Crippen molar-refractivity contribution >= 4 is 23.9 Å². The van der Waals surface area contributed by atoms with E-state index in [1.165, 1.54) is 16.3 Å². The predicted octanol–water partition coefficient (Wildman–Crippen LogP) is 4.98. The third-order valence-corrected chi connectivity index (χ3v) is 4.83. The lowest BCUT2D eigenvalue weighted by Gasteiger charge is -2.19. The van der Waals surface area contributed by atoms with Gasteiger partial charge in [0.1, 0.15) is 0 Å². The lowest BCUT2D eigenvalue weighted by atomic mass is 10.0. The second-order valence-corrected chi connectivity index (χ2v) is 6.71. The molecular formula is C22H20N2O2S. The van der Waals surface area contributed by atoms with Crippen molar-refractivity contribution in [2.75, 3.05) is 6.26 Å². The summed E-state index contributed by atoms with van der Waals surface area (Å²) in [5.74, 6) is -0.410. The standard InChI is InChI=1S/C22H20N2O2S/c1-27-24(16-17-8-4-2-5-9-17)22(26)23-21(25)20-14-12-19(13-15-20)18-10-6-3-7-11-18/h2-15H,16H2,1H3,(H,23,25,26). The van der Waals surface area contributed by atoms with Gasteiger partial charge in [-0.15, -0.1) is 0 Å². The van der Waals surface area contributed by atoms with Crippen LogP contribution in [0.1, 0.15) is 15.9 Å². The highest BCUT2D eigenvalue weighted by Crippen LogP contribution is 2.19. The molecule has 0 fully saturated rings. The fraction of sp³-hybridized carbons (Fsp3) is 0.0909. The summed E-state index contributed by atoms with van der Waals surface area (Å²) in [6, 6.07) is 26.4. The van der Waals surface area contributed by atoms with Gasteiger partial charge in [-0.25, -0.2) is 4.79 Å². The molecule has 0 spiro atoms. The predicted molar refractivity (Wildman–Crippen MR) is 110 cm³/mol. The molecule has 0 aliphatic rings. The Morgan fingerprint density at radius 3 is 1.96 bits per heavy atom. The number of nitrogens with zero attached hydrogens (tertiary/aromatic N) is 1. The molecule has 0 unspecified atom stereocenters. The van der Waals surface area contributed by atoms with Crippen LogP contribution in [-0.2, 0) is 6.54 Å². The maximum atomic E-state index is 12.4. The van der Waals surface area contributed by atoms with E-state index in [9.17, 15) is 9.59 Å². The molecule has 0 atom stereocenters. The van der Waals surface area contributed by atoms with Crippen molar-refractivity contribution in [3.63, 3.8) is 0 Å². The number of rotatable bonds is 5. The third-order valence-electron chi connectivity index (χ3n) is 4.09. The highest BCUT2D eigenvalue weighted by atomic mass is 32.2. The Kier molecular flexibility index (Phi) is 6.28. The van der Waals surface area contributed by atoms with Gasteiger partial charge < -0.3 is 0 Å². The Labute approximate surface area is 163 Å². The summed E-state index contributed by atoms with van der Waals surface area (Å²) in [5.41, 5.74) is 3.55. The molecule has 4 nitrogen and oxygen atoms in total.